The summed E-state index contributed by atoms with van der Waals surface area (Å²) >= 11 is 0. The monoisotopic (exact) mass is 998 g/mol. The number of nitrogens with one attached hydrogen (secondary N) is 3. The first-order valence-corrected chi connectivity index (χ1v) is 24.2. The molecule has 1 aliphatic rings. The largest absolute Gasteiger partial charge is 0.480 e. The molecule has 70 heavy (non-hydrogen) atoms. The smallest absolute Gasteiger partial charge is 0.327 e. The third kappa shape index (κ3) is 14.3. The first-order valence-electron chi connectivity index (χ1n) is 21.7. The Morgan fingerprint density at radius 3 is 2.40 bits per heavy atom. The van der Waals surface area contributed by atoms with Crippen LogP contribution in [-0.2, 0) is 41.9 Å². The number of amides is 4. The van der Waals surface area contributed by atoms with Crippen molar-refractivity contribution < 1.29 is 52.1 Å². The maximum absolute atomic E-state index is 13.8. The number of esters is 1. The van der Waals surface area contributed by atoms with Gasteiger partial charge in [-0.25, -0.2) is 18.6 Å². The van der Waals surface area contributed by atoms with E-state index in [2.05, 4.69) is 35.9 Å². The minimum atomic E-state index is -3.21. The molecule has 2 unspecified atom stereocenters. The number of nitriles is 1. The number of aromatic nitrogens is 4. The number of hydrogen-bond acceptors (Lipinski definition) is 16. The summed E-state index contributed by atoms with van der Waals surface area (Å²) < 4.78 is 38.3. The van der Waals surface area contributed by atoms with Crippen molar-refractivity contribution in [3.8, 4) is 34.2 Å². The van der Waals surface area contributed by atoms with Gasteiger partial charge in [-0.05, 0) is 66.9 Å². The molecule has 3 atom stereocenters. The van der Waals surface area contributed by atoms with E-state index in [1.54, 1.807) is 36.8 Å². The number of ether oxygens (including phenoxy) is 2. The number of rotatable bonds is 22. The molecule has 6 rings (SSSR count). The Balaban J connectivity index is 0.852. The molecule has 0 bridgehead atoms. The van der Waals surface area contributed by atoms with Gasteiger partial charge in [-0.2, -0.15) is 5.26 Å². The normalized spacial score (nSPS) is 14.7. The fraction of sp³-hybridized carbons (Fsp3) is 0.340. The van der Waals surface area contributed by atoms with Crippen molar-refractivity contribution in [2.24, 2.45) is 0 Å². The summed E-state index contributed by atoms with van der Waals surface area (Å²) in [7, 11) is 4.05. The van der Waals surface area contributed by atoms with Gasteiger partial charge in [0.25, 0.3) is 11.8 Å². The van der Waals surface area contributed by atoms with Crippen LogP contribution in [0.15, 0.2) is 79.4 Å². The molecule has 1 aliphatic heterocycles. The predicted molar refractivity (Wildman–Crippen MR) is 256 cm³/mol. The van der Waals surface area contributed by atoms with E-state index < -0.39 is 72.6 Å². The predicted octanol–water partition coefficient (Wildman–Crippen LogP) is 5.09. The molecule has 4 aromatic heterocycles. The molecule has 366 valence electrons. The van der Waals surface area contributed by atoms with E-state index in [-0.39, 0.29) is 49.4 Å². The quantitative estimate of drug-likeness (QED) is 0.0343. The second kappa shape index (κ2) is 24.2. The third-order valence-electron chi connectivity index (χ3n) is 10.8. The summed E-state index contributed by atoms with van der Waals surface area (Å²) in [6.07, 6.45) is 5.64. The van der Waals surface area contributed by atoms with Crippen LogP contribution in [0, 0.1) is 11.3 Å². The number of halogens is 2. The topological polar surface area (TPSA) is 282 Å². The molecule has 0 radical (unpaired) electrons. The highest BCUT2D eigenvalue weighted by atomic mass is 33.1. The van der Waals surface area contributed by atoms with E-state index in [4.69, 9.17) is 15.2 Å². The molecule has 0 saturated carbocycles. The molecule has 23 heteroatoms. The lowest BCUT2D eigenvalue weighted by molar-refractivity contribution is -0.145. The number of carboxylic acids is 1. The minimum absolute atomic E-state index is 0.0187. The molecule has 5 heterocycles. The van der Waals surface area contributed by atoms with Crippen molar-refractivity contribution >= 4 is 73.7 Å². The molecule has 6 N–H and O–H groups in total. The van der Waals surface area contributed by atoms with Gasteiger partial charge in [-0.15, -0.1) is 0 Å². The summed E-state index contributed by atoms with van der Waals surface area (Å²) in [6.45, 7) is 0.238. The van der Waals surface area contributed by atoms with Crippen molar-refractivity contribution in [1.29, 1.82) is 5.26 Å². The van der Waals surface area contributed by atoms with Crippen molar-refractivity contribution in [3.05, 3.63) is 96.3 Å². The molecule has 1 fully saturated rings. The molecular weight excluding hydrogens is 951 g/mol. The number of alkyl halides is 2. The Morgan fingerprint density at radius 1 is 0.914 bits per heavy atom. The third-order valence-corrected chi connectivity index (χ3v) is 13.3. The number of hydrogen-bond donors (Lipinski definition) is 5. The lowest BCUT2D eigenvalue weighted by Crippen LogP contribution is -2.48. The first-order chi connectivity index (χ1) is 33.5. The van der Waals surface area contributed by atoms with Gasteiger partial charge in [0.1, 0.15) is 24.7 Å². The van der Waals surface area contributed by atoms with E-state index >= 15 is 0 Å². The van der Waals surface area contributed by atoms with Gasteiger partial charge in [0, 0.05) is 84.1 Å². The van der Waals surface area contributed by atoms with Gasteiger partial charge in [-0.1, -0.05) is 33.7 Å². The number of nitrogens with two attached hydrogens (primary N) is 1. The van der Waals surface area contributed by atoms with E-state index in [0.29, 0.717) is 29.4 Å². The van der Waals surface area contributed by atoms with Crippen LogP contribution in [0.3, 0.4) is 0 Å². The van der Waals surface area contributed by atoms with Crippen LogP contribution in [0.4, 0.5) is 14.5 Å². The number of aliphatic carboxylic acids is 1. The van der Waals surface area contributed by atoms with E-state index in [1.807, 2.05) is 30.3 Å². The minimum Gasteiger partial charge on any atom is -0.480 e. The molecule has 4 amide bonds. The maximum Gasteiger partial charge on any atom is 0.327 e. The van der Waals surface area contributed by atoms with Crippen molar-refractivity contribution in [2.45, 2.75) is 76.2 Å². The molecule has 1 aromatic carbocycles. The molecule has 0 spiro atoms. The average Bonchev–Trinajstić information content (AvgIpc) is 3.68. The Labute approximate surface area is 408 Å². The van der Waals surface area contributed by atoms with Gasteiger partial charge < -0.3 is 41.2 Å². The zero-order valence-electron chi connectivity index (χ0n) is 37.9. The number of nitrogens with zero attached hydrogens (tertiary/aromatic N) is 6. The van der Waals surface area contributed by atoms with Crippen LogP contribution in [0.2, 0.25) is 0 Å². The van der Waals surface area contributed by atoms with Crippen LogP contribution in [-0.4, -0.2) is 115 Å². The lowest BCUT2D eigenvalue weighted by Gasteiger charge is -2.23. The number of nitrogen functional groups attached to an aromatic ring is 1. The molecule has 5 aromatic rings. The summed E-state index contributed by atoms with van der Waals surface area (Å²) in [5, 5.41) is 27.2. The number of likely N-dealkylation sites (tertiary alicyclic amines) is 1. The Hall–Kier alpha value is -7.45. The standard InChI is InChI=1S/C47H48F2N10O9S2/c1-27(45(64)59-26-47(48,49)19-34(59)20-50)57-43(63)29-11-13-52-33(16-29)23-55-40(60)9-10-41(61)58-39(46(65)66)25-70-69-15-3-4-42(62)68-24-32-7-5-30(21-54-32)35-12-14-53-38-8-6-28(17-36(35)38)31-18-37(51)44(67-2)56-22-31/h5-8,11-14,16-18,21-22,27,34,39H,3-4,9-10,15,19,23-26,51H2,1-2H3,(H,55,60)(H,57,63)(H,58,61)(H,65,66)/t27?,34-,39?/m0/s1. The Kier molecular flexibility index (Phi) is 18.0. The van der Waals surface area contributed by atoms with E-state index in [9.17, 15) is 47.9 Å². The zero-order valence-corrected chi connectivity index (χ0v) is 39.5. The van der Waals surface area contributed by atoms with Gasteiger partial charge in [0.15, 0.2) is 0 Å². The van der Waals surface area contributed by atoms with Crippen LogP contribution in [0.1, 0.15) is 60.8 Å². The molecule has 0 aliphatic carbocycles. The SMILES string of the molecule is COc1ncc(-c2ccc3nccc(-c4ccc(COC(=O)CCCSSCC(NC(=O)CCC(=O)NCc5cc(C(=O)NC(C)C(=O)N6CC(F)(F)C[C@H]6C#N)ccn5)C(=O)O)nc4)c3c2)cc1N. The first kappa shape index (κ1) is 51.9. The van der Waals surface area contributed by atoms with Crippen molar-refractivity contribution in [3.63, 3.8) is 0 Å². The summed E-state index contributed by atoms with van der Waals surface area (Å²) in [5.41, 5.74) is 11.7. The highest BCUT2D eigenvalue weighted by Crippen LogP contribution is 2.34. The molecular formula is C47H48F2N10O9S2. The second-order valence-electron chi connectivity index (χ2n) is 16.0. The number of fused-ring (bicyclic) bond motifs is 1. The van der Waals surface area contributed by atoms with Crippen molar-refractivity contribution in [1.82, 2.24) is 40.8 Å². The molecule has 1 saturated heterocycles. The lowest BCUT2D eigenvalue weighted by atomic mass is 9.98. The summed E-state index contributed by atoms with van der Waals surface area (Å²) in [4.78, 5) is 93.1. The second-order valence-corrected chi connectivity index (χ2v) is 18.6. The van der Waals surface area contributed by atoms with Gasteiger partial charge in [0.2, 0.25) is 23.6 Å². The summed E-state index contributed by atoms with van der Waals surface area (Å²) in [5.74, 6) is -6.76. The number of anilines is 1. The highest BCUT2D eigenvalue weighted by Gasteiger charge is 2.48. The van der Waals surface area contributed by atoms with Gasteiger partial charge in [-0.3, -0.25) is 38.9 Å². The number of benzene rings is 1. The van der Waals surface area contributed by atoms with Gasteiger partial charge in [0.05, 0.1) is 48.9 Å². The van der Waals surface area contributed by atoms with Crippen LogP contribution < -0.4 is 26.4 Å². The fourth-order valence-electron chi connectivity index (χ4n) is 7.14. The Bertz CT molecular complexity index is 2780. The highest BCUT2D eigenvalue weighted by molar-refractivity contribution is 8.76. The van der Waals surface area contributed by atoms with Crippen LogP contribution >= 0.6 is 21.6 Å². The number of carbonyl (C=O) groups excluding carboxylic acids is 5. The van der Waals surface area contributed by atoms with Crippen molar-refractivity contribution in [2.75, 3.05) is 30.9 Å². The fourth-order valence-corrected chi connectivity index (χ4v) is 9.38. The van der Waals surface area contributed by atoms with E-state index in [0.717, 1.165) is 38.1 Å². The number of carboxylic acid groups (broad SMARTS) is 1. The maximum atomic E-state index is 13.8. The summed E-state index contributed by atoms with van der Waals surface area (Å²) in [6, 6.07) is 13.9. The van der Waals surface area contributed by atoms with Crippen LogP contribution in [0.25, 0.3) is 33.2 Å². The zero-order chi connectivity index (χ0) is 50.4. The van der Waals surface area contributed by atoms with E-state index in [1.165, 1.54) is 54.0 Å². The number of pyridine rings is 4. The number of methoxy groups -OCH3 is 1. The average molecular weight is 999 g/mol. The molecule has 19 nitrogen and oxygen atoms in total. The number of carbonyl (C=O) groups is 6. The Morgan fingerprint density at radius 2 is 1.67 bits per heavy atom. The van der Waals surface area contributed by atoms with Gasteiger partial charge >= 0.3 is 11.9 Å². The van der Waals surface area contributed by atoms with Crippen LogP contribution in [0.5, 0.6) is 5.88 Å².